The van der Waals surface area contributed by atoms with E-state index in [9.17, 15) is 0 Å². The molecule has 0 heterocycles. The van der Waals surface area contributed by atoms with Crippen LogP contribution in [-0.4, -0.2) is 29.5 Å². The van der Waals surface area contributed by atoms with Crippen LogP contribution in [0.15, 0.2) is 18.2 Å². The highest BCUT2D eigenvalue weighted by Gasteiger charge is 2.08. The second-order valence-electron chi connectivity index (χ2n) is 3.45. The summed E-state index contributed by atoms with van der Waals surface area (Å²) in [5.74, 6) is 0. The number of hydrogen-bond donors (Lipinski definition) is 3. The predicted octanol–water partition coefficient (Wildman–Crippen LogP) is 1.80. The first kappa shape index (κ1) is 12.3. The molecule has 0 amide bonds. The molecule has 0 aliphatic carbocycles. The summed E-state index contributed by atoms with van der Waals surface area (Å²) in [7, 11) is 0. The van der Waals surface area contributed by atoms with Gasteiger partial charge in [0, 0.05) is 17.3 Å². The zero-order chi connectivity index (χ0) is 11.3. The summed E-state index contributed by atoms with van der Waals surface area (Å²) in [6.45, 7) is 1.96. The third-order valence-electron chi connectivity index (χ3n) is 2.33. The topological polar surface area (TPSA) is 52.5 Å². The van der Waals surface area contributed by atoms with E-state index < -0.39 is 0 Å². The van der Waals surface area contributed by atoms with Crippen LogP contribution in [0.25, 0.3) is 0 Å². The average Bonchev–Trinajstić information content (AvgIpc) is 2.24. The van der Waals surface area contributed by atoms with Crippen molar-refractivity contribution < 1.29 is 10.2 Å². The van der Waals surface area contributed by atoms with Crippen molar-refractivity contribution in [3.63, 3.8) is 0 Å². The quantitative estimate of drug-likeness (QED) is 0.722. The summed E-state index contributed by atoms with van der Waals surface area (Å²) in [6, 6.07) is 5.45. The number of hydrogen-bond acceptors (Lipinski definition) is 3. The lowest BCUT2D eigenvalue weighted by molar-refractivity contribution is 0.229. The van der Waals surface area contributed by atoms with E-state index in [1.54, 1.807) is 0 Å². The highest BCUT2D eigenvalue weighted by molar-refractivity contribution is 6.31. The molecule has 0 saturated carbocycles. The number of rotatable bonds is 5. The summed E-state index contributed by atoms with van der Waals surface area (Å²) in [4.78, 5) is 0. The molecule has 0 aliphatic rings. The van der Waals surface area contributed by atoms with Crippen LogP contribution in [-0.2, 0) is 0 Å². The highest BCUT2D eigenvalue weighted by atomic mass is 35.5. The lowest BCUT2D eigenvalue weighted by atomic mass is 10.1. The summed E-state index contributed by atoms with van der Waals surface area (Å²) in [6.07, 6.45) is 0.516. The Labute approximate surface area is 94.7 Å². The number of benzene rings is 1. The Bertz CT molecular complexity index is 317. The molecule has 3 N–H and O–H groups in total. The van der Waals surface area contributed by atoms with Gasteiger partial charge in [0.05, 0.1) is 12.6 Å². The average molecular weight is 230 g/mol. The molecule has 0 aromatic heterocycles. The molecule has 0 spiro atoms. The maximum absolute atomic E-state index is 9.07. The third-order valence-corrected chi connectivity index (χ3v) is 2.73. The number of aliphatic hydroxyl groups excluding tert-OH is 2. The Kier molecular flexibility index (Phi) is 4.88. The summed E-state index contributed by atoms with van der Waals surface area (Å²) in [5.41, 5.74) is 1.85. The number of anilines is 1. The van der Waals surface area contributed by atoms with Crippen LogP contribution in [0, 0.1) is 6.92 Å². The fourth-order valence-electron chi connectivity index (χ4n) is 1.35. The standard InChI is InChI=1S/C11H16ClNO2/c1-8-10(12)3-2-4-11(8)13-9(7-15)5-6-14/h2-4,9,13-15H,5-7H2,1H3. The fourth-order valence-corrected chi connectivity index (χ4v) is 1.52. The zero-order valence-electron chi connectivity index (χ0n) is 8.70. The van der Waals surface area contributed by atoms with Gasteiger partial charge in [-0.3, -0.25) is 0 Å². The van der Waals surface area contributed by atoms with E-state index in [1.165, 1.54) is 0 Å². The minimum Gasteiger partial charge on any atom is -0.396 e. The van der Waals surface area contributed by atoms with E-state index in [1.807, 2.05) is 25.1 Å². The molecule has 3 nitrogen and oxygen atoms in total. The largest absolute Gasteiger partial charge is 0.396 e. The highest BCUT2D eigenvalue weighted by Crippen LogP contribution is 2.23. The minimum atomic E-state index is -0.132. The van der Waals surface area contributed by atoms with Gasteiger partial charge in [-0.05, 0) is 31.0 Å². The Hall–Kier alpha value is -0.770. The van der Waals surface area contributed by atoms with Gasteiger partial charge in [0.25, 0.3) is 0 Å². The molecule has 84 valence electrons. The Morgan fingerprint density at radius 3 is 2.73 bits per heavy atom. The monoisotopic (exact) mass is 229 g/mol. The van der Waals surface area contributed by atoms with Crippen LogP contribution >= 0.6 is 11.6 Å². The van der Waals surface area contributed by atoms with Crippen molar-refractivity contribution in [3.05, 3.63) is 28.8 Å². The first-order valence-corrected chi connectivity index (χ1v) is 5.30. The first-order valence-electron chi connectivity index (χ1n) is 4.92. The molecule has 1 aromatic carbocycles. The fraction of sp³-hybridized carbons (Fsp3) is 0.455. The van der Waals surface area contributed by atoms with Crippen molar-refractivity contribution in [1.82, 2.24) is 0 Å². The number of aliphatic hydroxyl groups is 2. The molecular weight excluding hydrogens is 214 g/mol. The number of nitrogens with one attached hydrogen (secondary N) is 1. The summed E-state index contributed by atoms with van der Waals surface area (Å²) >= 11 is 5.97. The van der Waals surface area contributed by atoms with E-state index in [0.717, 1.165) is 11.3 Å². The van der Waals surface area contributed by atoms with Gasteiger partial charge in [0.1, 0.15) is 0 Å². The lowest BCUT2D eigenvalue weighted by Gasteiger charge is -2.18. The summed E-state index contributed by atoms with van der Waals surface area (Å²) in [5, 5.41) is 21.7. The molecule has 0 radical (unpaired) electrons. The molecule has 0 fully saturated rings. The van der Waals surface area contributed by atoms with Crippen molar-refractivity contribution in [1.29, 1.82) is 0 Å². The van der Waals surface area contributed by atoms with Crippen molar-refractivity contribution in [2.45, 2.75) is 19.4 Å². The van der Waals surface area contributed by atoms with Crippen LogP contribution < -0.4 is 5.32 Å². The molecule has 1 unspecified atom stereocenters. The molecule has 0 aliphatic heterocycles. The molecule has 0 saturated heterocycles. The maximum atomic E-state index is 9.07. The van der Waals surface area contributed by atoms with Gasteiger partial charge in [-0.15, -0.1) is 0 Å². The van der Waals surface area contributed by atoms with Crippen molar-refractivity contribution in [2.24, 2.45) is 0 Å². The van der Waals surface area contributed by atoms with Gasteiger partial charge in [0.15, 0.2) is 0 Å². The van der Waals surface area contributed by atoms with Gasteiger partial charge < -0.3 is 15.5 Å². The van der Waals surface area contributed by atoms with Gasteiger partial charge in [-0.25, -0.2) is 0 Å². The van der Waals surface area contributed by atoms with Crippen LogP contribution in [0.4, 0.5) is 5.69 Å². The van der Waals surface area contributed by atoms with Crippen molar-refractivity contribution in [2.75, 3.05) is 18.5 Å². The number of halogens is 1. The van der Waals surface area contributed by atoms with E-state index in [2.05, 4.69) is 5.32 Å². The van der Waals surface area contributed by atoms with Crippen LogP contribution in [0.3, 0.4) is 0 Å². The van der Waals surface area contributed by atoms with Crippen LogP contribution in [0.1, 0.15) is 12.0 Å². The van der Waals surface area contributed by atoms with Gasteiger partial charge in [-0.1, -0.05) is 17.7 Å². The molecule has 0 bridgehead atoms. The summed E-state index contributed by atoms with van der Waals surface area (Å²) < 4.78 is 0. The Morgan fingerprint density at radius 1 is 1.40 bits per heavy atom. The van der Waals surface area contributed by atoms with E-state index in [0.29, 0.717) is 11.4 Å². The van der Waals surface area contributed by atoms with E-state index >= 15 is 0 Å². The van der Waals surface area contributed by atoms with Crippen molar-refractivity contribution >= 4 is 17.3 Å². The Balaban J connectivity index is 2.74. The van der Waals surface area contributed by atoms with Gasteiger partial charge in [0.2, 0.25) is 0 Å². The molecule has 4 heteroatoms. The van der Waals surface area contributed by atoms with E-state index in [-0.39, 0.29) is 19.3 Å². The third kappa shape index (κ3) is 3.38. The second kappa shape index (κ2) is 5.95. The molecule has 15 heavy (non-hydrogen) atoms. The molecular formula is C11H16ClNO2. The lowest BCUT2D eigenvalue weighted by Crippen LogP contribution is -2.25. The predicted molar refractivity (Wildman–Crippen MR) is 62.4 cm³/mol. The minimum absolute atomic E-state index is 0.00743. The second-order valence-corrected chi connectivity index (χ2v) is 3.86. The van der Waals surface area contributed by atoms with E-state index in [4.69, 9.17) is 21.8 Å². The zero-order valence-corrected chi connectivity index (χ0v) is 9.46. The smallest absolute Gasteiger partial charge is 0.0633 e. The first-order chi connectivity index (χ1) is 7.19. The van der Waals surface area contributed by atoms with Crippen LogP contribution in [0.5, 0.6) is 0 Å². The molecule has 1 aromatic rings. The van der Waals surface area contributed by atoms with Gasteiger partial charge >= 0.3 is 0 Å². The van der Waals surface area contributed by atoms with Crippen molar-refractivity contribution in [3.8, 4) is 0 Å². The van der Waals surface area contributed by atoms with Crippen LogP contribution in [0.2, 0.25) is 5.02 Å². The maximum Gasteiger partial charge on any atom is 0.0633 e. The van der Waals surface area contributed by atoms with Gasteiger partial charge in [-0.2, -0.15) is 0 Å². The Morgan fingerprint density at radius 2 is 2.13 bits per heavy atom. The SMILES string of the molecule is Cc1c(Cl)cccc1NC(CO)CCO. The normalized spacial score (nSPS) is 12.5. The molecule has 1 atom stereocenters. The molecule has 1 rings (SSSR count).